The lowest BCUT2D eigenvalue weighted by Gasteiger charge is -2.11. The van der Waals surface area contributed by atoms with Crippen molar-refractivity contribution in [2.24, 2.45) is 0 Å². The highest BCUT2D eigenvalue weighted by atomic mass is 19.1. The summed E-state index contributed by atoms with van der Waals surface area (Å²) in [5, 5.41) is 2.93. The van der Waals surface area contributed by atoms with Gasteiger partial charge in [0.15, 0.2) is 0 Å². The molecular weight excluding hydrogens is 353 g/mol. The number of benzene rings is 3. The van der Waals surface area contributed by atoms with Crippen molar-refractivity contribution in [2.75, 3.05) is 6.54 Å². The quantitative estimate of drug-likeness (QED) is 0.551. The molecule has 0 radical (unpaired) electrons. The minimum absolute atomic E-state index is 0.114. The second kappa shape index (κ2) is 8.05. The van der Waals surface area contributed by atoms with Gasteiger partial charge in [-0.05, 0) is 30.3 Å². The summed E-state index contributed by atoms with van der Waals surface area (Å²) in [5.41, 5.74) is 3.06. The van der Waals surface area contributed by atoms with Gasteiger partial charge < -0.3 is 9.88 Å². The van der Waals surface area contributed by atoms with E-state index in [1.54, 1.807) is 24.3 Å². The summed E-state index contributed by atoms with van der Waals surface area (Å²) in [6.45, 7) is 0.851. The predicted molar refractivity (Wildman–Crippen MR) is 108 cm³/mol. The standard InChI is InChI=1S/C23H20FN3O/c24-19-11-5-4-10-18(19)16-27-21-13-7-6-12-20(21)26-22(27)14-15-25-23(28)17-8-2-1-3-9-17/h1-13H,14-16H2,(H,25,28). The second-order valence-electron chi connectivity index (χ2n) is 6.57. The average molecular weight is 373 g/mol. The van der Waals surface area contributed by atoms with E-state index in [1.165, 1.54) is 6.07 Å². The first kappa shape index (κ1) is 17.9. The number of nitrogens with one attached hydrogen (secondary N) is 1. The molecule has 0 unspecified atom stereocenters. The Labute approximate surface area is 162 Å². The largest absolute Gasteiger partial charge is 0.352 e. The van der Waals surface area contributed by atoms with Crippen LogP contribution in [0.5, 0.6) is 0 Å². The molecule has 0 aliphatic carbocycles. The van der Waals surface area contributed by atoms with Crippen LogP contribution in [0.3, 0.4) is 0 Å². The van der Waals surface area contributed by atoms with Crippen molar-refractivity contribution in [3.05, 3.63) is 102 Å². The third kappa shape index (κ3) is 3.78. The van der Waals surface area contributed by atoms with Gasteiger partial charge in [0.1, 0.15) is 11.6 Å². The summed E-state index contributed by atoms with van der Waals surface area (Å²) < 4.78 is 16.2. The molecule has 1 heterocycles. The number of rotatable bonds is 6. The Bertz CT molecular complexity index is 1110. The van der Waals surface area contributed by atoms with Gasteiger partial charge in [-0.1, -0.05) is 48.5 Å². The minimum Gasteiger partial charge on any atom is -0.352 e. The van der Waals surface area contributed by atoms with E-state index in [1.807, 2.05) is 53.1 Å². The second-order valence-corrected chi connectivity index (χ2v) is 6.57. The fourth-order valence-corrected chi connectivity index (χ4v) is 3.27. The fraction of sp³-hybridized carbons (Fsp3) is 0.130. The summed E-state index contributed by atoms with van der Waals surface area (Å²) >= 11 is 0. The molecule has 4 rings (SSSR count). The van der Waals surface area contributed by atoms with Crippen molar-refractivity contribution < 1.29 is 9.18 Å². The van der Waals surface area contributed by atoms with Gasteiger partial charge in [0.2, 0.25) is 0 Å². The fourth-order valence-electron chi connectivity index (χ4n) is 3.27. The monoisotopic (exact) mass is 373 g/mol. The number of carbonyl (C=O) groups excluding carboxylic acids is 1. The van der Waals surface area contributed by atoms with E-state index in [0.717, 1.165) is 16.9 Å². The zero-order chi connectivity index (χ0) is 19.3. The van der Waals surface area contributed by atoms with Gasteiger partial charge in [-0.2, -0.15) is 0 Å². The Hall–Kier alpha value is -3.47. The van der Waals surface area contributed by atoms with Crippen LogP contribution in [0.25, 0.3) is 11.0 Å². The van der Waals surface area contributed by atoms with E-state index in [4.69, 9.17) is 4.98 Å². The van der Waals surface area contributed by atoms with Crippen LogP contribution in [0.15, 0.2) is 78.9 Å². The number of para-hydroxylation sites is 2. The Kier molecular flexibility index (Phi) is 5.15. The van der Waals surface area contributed by atoms with Gasteiger partial charge in [-0.15, -0.1) is 0 Å². The summed E-state index contributed by atoms with van der Waals surface area (Å²) in [6, 6.07) is 23.7. The molecule has 0 saturated heterocycles. The van der Waals surface area contributed by atoms with E-state index < -0.39 is 0 Å². The molecular formula is C23H20FN3O. The molecule has 1 amide bonds. The van der Waals surface area contributed by atoms with Crippen molar-refractivity contribution in [3.63, 3.8) is 0 Å². The zero-order valence-electron chi connectivity index (χ0n) is 15.3. The molecule has 0 aliphatic heterocycles. The smallest absolute Gasteiger partial charge is 0.251 e. The van der Waals surface area contributed by atoms with Crippen LogP contribution in [0, 0.1) is 5.82 Å². The van der Waals surface area contributed by atoms with E-state index >= 15 is 0 Å². The maximum atomic E-state index is 14.2. The number of hydrogen-bond acceptors (Lipinski definition) is 2. The number of imidazole rings is 1. The molecule has 1 N–H and O–H groups in total. The Morgan fingerprint density at radius 3 is 2.46 bits per heavy atom. The summed E-state index contributed by atoms with van der Waals surface area (Å²) in [7, 11) is 0. The molecule has 28 heavy (non-hydrogen) atoms. The van der Waals surface area contributed by atoms with Gasteiger partial charge in [0.25, 0.3) is 5.91 Å². The number of hydrogen-bond donors (Lipinski definition) is 1. The average Bonchev–Trinajstić information content (AvgIpc) is 3.08. The number of fused-ring (bicyclic) bond motifs is 1. The van der Waals surface area contributed by atoms with Crippen molar-refractivity contribution in [2.45, 2.75) is 13.0 Å². The van der Waals surface area contributed by atoms with Crippen LogP contribution in [-0.4, -0.2) is 22.0 Å². The van der Waals surface area contributed by atoms with E-state index in [9.17, 15) is 9.18 Å². The van der Waals surface area contributed by atoms with Crippen molar-refractivity contribution in [1.82, 2.24) is 14.9 Å². The number of nitrogens with zero attached hydrogens (tertiary/aromatic N) is 2. The van der Waals surface area contributed by atoms with Crippen molar-refractivity contribution in [3.8, 4) is 0 Å². The molecule has 0 saturated carbocycles. The maximum absolute atomic E-state index is 14.2. The Balaban J connectivity index is 1.55. The molecule has 140 valence electrons. The van der Waals surface area contributed by atoms with Crippen LogP contribution >= 0.6 is 0 Å². The summed E-state index contributed by atoms with van der Waals surface area (Å²) in [6.07, 6.45) is 0.557. The number of carbonyl (C=O) groups is 1. The third-order valence-corrected chi connectivity index (χ3v) is 4.69. The van der Waals surface area contributed by atoms with Gasteiger partial charge in [-0.3, -0.25) is 4.79 Å². The van der Waals surface area contributed by atoms with Crippen molar-refractivity contribution in [1.29, 1.82) is 0 Å². The van der Waals surface area contributed by atoms with Gasteiger partial charge >= 0.3 is 0 Å². The van der Waals surface area contributed by atoms with Crippen LogP contribution in [0.4, 0.5) is 4.39 Å². The lowest BCUT2D eigenvalue weighted by Crippen LogP contribution is -2.26. The highest BCUT2D eigenvalue weighted by Gasteiger charge is 2.13. The lowest BCUT2D eigenvalue weighted by molar-refractivity contribution is 0.0954. The molecule has 0 atom stereocenters. The molecule has 0 fully saturated rings. The van der Waals surface area contributed by atoms with Crippen LogP contribution in [0.1, 0.15) is 21.7 Å². The third-order valence-electron chi connectivity index (χ3n) is 4.69. The SMILES string of the molecule is O=C(NCCc1nc2ccccc2n1Cc1ccccc1F)c1ccccc1. The van der Waals surface area contributed by atoms with Gasteiger partial charge in [-0.25, -0.2) is 9.37 Å². The molecule has 5 heteroatoms. The van der Waals surface area contributed by atoms with Crippen molar-refractivity contribution >= 4 is 16.9 Å². The molecule has 1 aromatic heterocycles. The maximum Gasteiger partial charge on any atom is 0.251 e. The molecule has 0 bridgehead atoms. The summed E-state index contributed by atoms with van der Waals surface area (Å²) in [5.74, 6) is 0.471. The first-order valence-electron chi connectivity index (χ1n) is 9.23. The number of aromatic nitrogens is 2. The number of amides is 1. The molecule has 4 aromatic rings. The van der Waals surface area contributed by atoms with Crippen LogP contribution in [-0.2, 0) is 13.0 Å². The molecule has 0 aliphatic rings. The highest BCUT2D eigenvalue weighted by Crippen LogP contribution is 2.19. The minimum atomic E-state index is -0.233. The number of halogens is 1. The van der Waals surface area contributed by atoms with Crippen LogP contribution < -0.4 is 5.32 Å². The normalized spacial score (nSPS) is 10.9. The highest BCUT2D eigenvalue weighted by molar-refractivity contribution is 5.94. The molecule has 4 nitrogen and oxygen atoms in total. The molecule has 3 aromatic carbocycles. The Morgan fingerprint density at radius 2 is 1.64 bits per heavy atom. The zero-order valence-corrected chi connectivity index (χ0v) is 15.3. The summed E-state index contributed by atoms with van der Waals surface area (Å²) in [4.78, 5) is 16.9. The topological polar surface area (TPSA) is 46.9 Å². The van der Waals surface area contributed by atoms with Gasteiger partial charge in [0, 0.05) is 24.1 Å². The Morgan fingerprint density at radius 1 is 0.929 bits per heavy atom. The van der Waals surface area contributed by atoms with Crippen LogP contribution in [0.2, 0.25) is 0 Å². The first-order chi connectivity index (χ1) is 13.7. The lowest BCUT2D eigenvalue weighted by atomic mass is 10.2. The molecule has 0 spiro atoms. The first-order valence-corrected chi connectivity index (χ1v) is 9.23. The van der Waals surface area contributed by atoms with Gasteiger partial charge in [0.05, 0.1) is 17.6 Å². The van der Waals surface area contributed by atoms with E-state index in [-0.39, 0.29) is 11.7 Å². The predicted octanol–water partition coefficient (Wildman–Crippen LogP) is 4.20. The van der Waals surface area contributed by atoms with E-state index in [0.29, 0.717) is 30.6 Å². The van der Waals surface area contributed by atoms with E-state index in [2.05, 4.69) is 5.32 Å².